The van der Waals surface area contributed by atoms with Crippen molar-refractivity contribution in [1.29, 1.82) is 0 Å². The number of nitrogens with one attached hydrogen (secondary N) is 1. The summed E-state index contributed by atoms with van der Waals surface area (Å²) < 4.78 is 3.40. The van der Waals surface area contributed by atoms with Gasteiger partial charge in [0.2, 0.25) is 0 Å². The third-order valence-electron chi connectivity index (χ3n) is 8.82. The molecule has 1 aromatic heterocycles. The third-order valence-corrected chi connectivity index (χ3v) is 9.45. The zero-order valence-electron chi connectivity index (χ0n) is 29.5. The highest BCUT2D eigenvalue weighted by Gasteiger charge is 2.19. The van der Waals surface area contributed by atoms with Crippen LogP contribution in [0.4, 0.5) is 11.4 Å². The minimum atomic E-state index is 0.745. The lowest BCUT2D eigenvalue weighted by molar-refractivity contribution is 0.891. The highest BCUT2D eigenvalue weighted by Crippen LogP contribution is 2.39. The predicted molar refractivity (Wildman–Crippen MR) is 234 cm³/mol. The molecule has 0 saturated carbocycles. The van der Waals surface area contributed by atoms with Crippen molar-refractivity contribution in [3.8, 4) is 16.8 Å². The number of hydrogen-bond donors (Lipinski definition) is 2. The van der Waals surface area contributed by atoms with Crippen molar-refractivity contribution in [1.82, 2.24) is 9.88 Å². The molecular weight excluding hydrogens is 719 g/mol. The van der Waals surface area contributed by atoms with E-state index in [9.17, 15) is 0 Å². The van der Waals surface area contributed by atoms with E-state index in [1.54, 1.807) is 17.6 Å². The maximum Gasteiger partial charge on any atom is 0.0551 e. The summed E-state index contributed by atoms with van der Waals surface area (Å²) >= 11 is 7.59. The zero-order valence-corrected chi connectivity index (χ0v) is 31.9. The van der Waals surface area contributed by atoms with Crippen LogP contribution in [0.3, 0.4) is 0 Å². The first kappa shape index (κ1) is 36.3. The van der Waals surface area contributed by atoms with E-state index in [2.05, 4.69) is 196 Å². The Labute approximate surface area is 321 Å². The second-order valence-corrected chi connectivity index (χ2v) is 13.3. The van der Waals surface area contributed by atoms with Gasteiger partial charge < -0.3 is 14.8 Å². The minimum Gasteiger partial charge on any atom is -0.385 e. The van der Waals surface area contributed by atoms with Gasteiger partial charge in [0.05, 0.1) is 23.3 Å². The predicted octanol–water partition coefficient (Wildman–Crippen LogP) is 13.7. The van der Waals surface area contributed by atoms with Gasteiger partial charge in [0.15, 0.2) is 0 Å². The summed E-state index contributed by atoms with van der Waals surface area (Å²) in [6, 6.07) is 48.0. The van der Waals surface area contributed by atoms with E-state index in [1.165, 1.54) is 43.8 Å². The summed E-state index contributed by atoms with van der Waals surface area (Å²) in [6.45, 7) is 8.16. The Bertz CT molecular complexity index is 2370. The van der Waals surface area contributed by atoms with Crippen LogP contribution in [0.5, 0.6) is 0 Å². The first-order chi connectivity index (χ1) is 25.6. The van der Waals surface area contributed by atoms with Crippen molar-refractivity contribution in [3.63, 3.8) is 0 Å². The highest BCUT2D eigenvalue weighted by atomic mass is 79.9. The molecule has 52 heavy (non-hydrogen) atoms. The fourth-order valence-electron chi connectivity index (χ4n) is 6.40. The molecule has 0 spiro atoms. The fourth-order valence-corrected chi connectivity index (χ4v) is 7.00. The monoisotopic (exact) mass is 759 g/mol. The number of para-hydroxylation sites is 2. The van der Waals surface area contributed by atoms with Crippen molar-refractivity contribution in [3.05, 3.63) is 198 Å². The molecule has 5 heteroatoms. The Morgan fingerprint density at radius 3 is 1.96 bits per heavy atom. The highest BCUT2D eigenvalue weighted by molar-refractivity contribution is 9.10. The molecule has 258 valence electrons. The summed E-state index contributed by atoms with van der Waals surface area (Å²) in [4.78, 5) is 2.37. The van der Waals surface area contributed by atoms with Crippen LogP contribution in [0, 0.1) is 0 Å². The number of halogens is 1. The maximum atomic E-state index is 3.85. The number of benzene rings is 6. The van der Waals surface area contributed by atoms with Gasteiger partial charge >= 0.3 is 0 Å². The summed E-state index contributed by atoms with van der Waals surface area (Å²) in [6.07, 6.45) is 13.7. The summed E-state index contributed by atoms with van der Waals surface area (Å²) in [7, 11) is 0. The molecule has 1 aliphatic rings. The van der Waals surface area contributed by atoms with Crippen molar-refractivity contribution in [2.75, 3.05) is 11.4 Å². The van der Waals surface area contributed by atoms with Crippen molar-refractivity contribution < 1.29 is 0 Å². The smallest absolute Gasteiger partial charge is 0.0551 e. The average Bonchev–Trinajstić information content (AvgIpc) is 3.53. The SMILES string of the molecule is Brc1cc(-c2ccc(-n3c4ccccc4c4ccccc43)cc2)cc(N(C2=CC=CNC2)c2cccc3ccccc23)c1.C/C=C\C.C=C/C=C\S. The number of dihydropyridines is 1. The van der Waals surface area contributed by atoms with Crippen LogP contribution in [0.2, 0.25) is 0 Å². The van der Waals surface area contributed by atoms with E-state index in [0.717, 1.165) is 33.6 Å². The van der Waals surface area contributed by atoms with Gasteiger partial charge in [-0.2, -0.15) is 12.6 Å². The molecule has 6 aromatic carbocycles. The fraction of sp³-hybridized carbons (Fsp3) is 0.0638. The Kier molecular flexibility index (Phi) is 12.3. The van der Waals surface area contributed by atoms with Gasteiger partial charge in [0.1, 0.15) is 0 Å². The molecule has 3 nitrogen and oxygen atoms in total. The minimum absolute atomic E-state index is 0.745. The van der Waals surface area contributed by atoms with E-state index in [0.29, 0.717) is 0 Å². The first-order valence-corrected chi connectivity index (χ1v) is 18.6. The van der Waals surface area contributed by atoms with E-state index in [4.69, 9.17) is 0 Å². The molecule has 2 heterocycles. The molecule has 0 unspecified atom stereocenters. The number of hydrogen-bond acceptors (Lipinski definition) is 3. The Hall–Kier alpha value is -5.49. The van der Waals surface area contributed by atoms with Crippen molar-refractivity contribution in [2.24, 2.45) is 0 Å². The molecule has 7 aromatic rings. The Balaban J connectivity index is 0.000000464. The van der Waals surface area contributed by atoms with Crippen LogP contribution < -0.4 is 10.2 Å². The molecule has 0 fully saturated rings. The lowest BCUT2D eigenvalue weighted by atomic mass is 10.0. The summed E-state index contributed by atoms with van der Waals surface area (Å²) in [5, 5.41) is 10.0. The Morgan fingerprint density at radius 1 is 0.731 bits per heavy atom. The number of thiol groups is 1. The molecule has 0 bridgehead atoms. The van der Waals surface area contributed by atoms with Crippen LogP contribution >= 0.6 is 28.6 Å². The number of anilines is 2. The topological polar surface area (TPSA) is 20.2 Å². The number of allylic oxidation sites excluding steroid dienone is 6. The largest absolute Gasteiger partial charge is 0.385 e. The van der Waals surface area contributed by atoms with Gasteiger partial charge in [-0.25, -0.2) is 0 Å². The molecule has 0 atom stereocenters. The van der Waals surface area contributed by atoms with E-state index in [1.807, 2.05) is 32.2 Å². The van der Waals surface area contributed by atoms with Crippen LogP contribution in [0.15, 0.2) is 198 Å². The maximum absolute atomic E-state index is 3.85. The van der Waals surface area contributed by atoms with Gasteiger partial charge in [-0.15, -0.1) is 0 Å². The second kappa shape index (κ2) is 17.6. The first-order valence-electron chi connectivity index (χ1n) is 17.3. The molecule has 1 aliphatic heterocycles. The van der Waals surface area contributed by atoms with Gasteiger partial charge in [-0.1, -0.05) is 132 Å². The number of fused-ring (bicyclic) bond motifs is 4. The van der Waals surface area contributed by atoms with Crippen LogP contribution in [-0.2, 0) is 0 Å². The second-order valence-electron chi connectivity index (χ2n) is 12.1. The molecule has 0 amide bonds. The standard InChI is InChI=1S/C39H28BrN3.C4H6S.C4H8/c40-30-23-29(27-18-20-31(21-19-27)43-38-15-5-3-13-35(38)36-14-4-6-16-39(36)43)24-33(25-30)42(32-11-8-22-41-26-32)37-17-7-10-28-9-1-2-12-34(28)37;1-2-3-4-5;1-3-4-2/h1-25,41H,26H2;2-5H,1H2;3-4H,1-2H3/b;2*4-3-. The third kappa shape index (κ3) is 8.02. The summed E-state index contributed by atoms with van der Waals surface area (Å²) in [5.41, 5.74) is 9.36. The van der Waals surface area contributed by atoms with Gasteiger partial charge in [-0.05, 0) is 103 Å². The van der Waals surface area contributed by atoms with Gasteiger partial charge in [0, 0.05) is 37.7 Å². The average molecular weight is 761 g/mol. The van der Waals surface area contributed by atoms with Crippen LogP contribution in [0.1, 0.15) is 13.8 Å². The van der Waals surface area contributed by atoms with E-state index >= 15 is 0 Å². The van der Waals surface area contributed by atoms with Crippen LogP contribution in [-0.4, -0.2) is 11.1 Å². The van der Waals surface area contributed by atoms with Crippen LogP contribution in [0.25, 0.3) is 49.4 Å². The van der Waals surface area contributed by atoms with E-state index < -0.39 is 0 Å². The normalized spacial score (nSPS) is 12.3. The zero-order chi connectivity index (χ0) is 36.3. The van der Waals surface area contributed by atoms with Crippen molar-refractivity contribution >= 4 is 72.5 Å². The number of rotatable bonds is 6. The lowest BCUT2D eigenvalue weighted by Crippen LogP contribution is -2.26. The molecule has 8 rings (SSSR count). The molecular formula is C47H42BrN3S. The number of nitrogens with zero attached hydrogens (tertiary/aromatic N) is 2. The molecule has 0 saturated heterocycles. The quantitative estimate of drug-likeness (QED) is 0.100. The number of aromatic nitrogens is 1. The van der Waals surface area contributed by atoms with Gasteiger partial charge in [0.25, 0.3) is 0 Å². The lowest BCUT2D eigenvalue weighted by Gasteiger charge is -2.30. The Morgan fingerprint density at radius 2 is 1.37 bits per heavy atom. The van der Waals surface area contributed by atoms with Gasteiger partial charge in [-0.3, -0.25) is 0 Å². The molecule has 0 aliphatic carbocycles. The molecule has 1 N–H and O–H groups in total. The summed E-state index contributed by atoms with van der Waals surface area (Å²) in [5.74, 6) is 0. The van der Waals surface area contributed by atoms with Crippen molar-refractivity contribution in [2.45, 2.75) is 13.8 Å². The van der Waals surface area contributed by atoms with E-state index in [-0.39, 0.29) is 0 Å². The molecule has 0 radical (unpaired) electrons.